The van der Waals surface area contributed by atoms with E-state index in [1.807, 2.05) is 13.8 Å². The second-order valence-electron chi connectivity index (χ2n) is 13.7. The first-order chi connectivity index (χ1) is 15.4. The fourth-order valence-corrected chi connectivity index (χ4v) is 101. The van der Waals surface area contributed by atoms with Gasteiger partial charge in [-0.3, -0.25) is 0 Å². The molecule has 0 spiro atoms. The van der Waals surface area contributed by atoms with Crippen LogP contribution in [-0.4, -0.2) is 66.6 Å². The zero-order valence-electron chi connectivity index (χ0n) is 23.6. The summed E-state index contributed by atoms with van der Waals surface area (Å²) in [6.07, 6.45) is -0.729. The summed E-state index contributed by atoms with van der Waals surface area (Å²) in [7, 11) is -4.84. The molecule has 2 heterocycles. The molecule has 5 nitrogen and oxygen atoms in total. The Bertz CT molecular complexity index is 796. The minimum atomic E-state index is -2.06. The van der Waals surface area contributed by atoms with E-state index in [0.717, 1.165) is 0 Å². The van der Waals surface area contributed by atoms with Gasteiger partial charge in [-0.25, -0.2) is 0 Å². The highest BCUT2D eigenvalue weighted by Crippen LogP contribution is 2.44. The Morgan fingerprint density at radius 3 is 1.91 bits per heavy atom. The molecule has 3 rings (SSSR count). The van der Waals surface area contributed by atoms with E-state index < -0.39 is 35.4 Å². The van der Waals surface area contributed by atoms with Crippen molar-refractivity contribution in [1.29, 1.82) is 0 Å². The van der Waals surface area contributed by atoms with Crippen LogP contribution in [0.25, 0.3) is 0 Å². The number of ether oxygens (including phenoxy) is 3. The summed E-state index contributed by atoms with van der Waals surface area (Å²) in [5.41, 5.74) is 1.28. The molecule has 0 saturated carbocycles. The Morgan fingerprint density at radius 1 is 0.882 bits per heavy atom. The Balaban J connectivity index is 1.94. The van der Waals surface area contributed by atoms with Crippen molar-refractivity contribution in [1.82, 2.24) is 5.32 Å². The lowest BCUT2D eigenvalue weighted by Crippen LogP contribution is -2.85. The first kappa shape index (κ1) is 28.5. The first-order valence-electron chi connectivity index (χ1n) is 12.9. The van der Waals surface area contributed by atoms with E-state index in [1.165, 1.54) is 5.56 Å². The molecule has 1 aromatic rings. The van der Waals surface area contributed by atoms with Crippen molar-refractivity contribution in [3.63, 3.8) is 0 Å². The summed E-state index contributed by atoms with van der Waals surface area (Å²) >= 11 is 0. The average molecular weight is 540 g/mol. The summed E-state index contributed by atoms with van der Waals surface area (Å²) in [6.45, 7) is 27.9. The van der Waals surface area contributed by atoms with Gasteiger partial charge in [0.15, 0.2) is 18.9 Å². The third-order valence-corrected chi connectivity index (χ3v) is 75.0. The topological polar surface area (TPSA) is 49.0 Å². The molecule has 2 fully saturated rings. The first-order valence-corrected chi connectivity index (χ1v) is 28.3. The summed E-state index contributed by atoms with van der Waals surface area (Å²) in [5.74, 6) is -0.644. The molecule has 5 atom stereocenters. The van der Waals surface area contributed by atoms with Gasteiger partial charge in [-0.1, -0.05) is 89.3 Å². The maximum absolute atomic E-state index is 7.70. The fraction of sp³-hybridized carbons (Fsp3) is 0.760. The largest absolute Gasteiger partial charge is 0.417 e. The summed E-state index contributed by atoms with van der Waals surface area (Å²) < 4.78 is 26.9. The Hall–Kier alpha value is -0.112. The van der Waals surface area contributed by atoms with Crippen LogP contribution >= 0.6 is 0 Å². The van der Waals surface area contributed by atoms with Crippen LogP contribution in [0, 0.1) is 0 Å². The number of hydrogen-bond donors (Lipinski definition) is 1. The van der Waals surface area contributed by atoms with E-state index in [1.54, 1.807) is 0 Å². The van der Waals surface area contributed by atoms with Gasteiger partial charge in [-0.05, 0) is 26.3 Å². The summed E-state index contributed by atoms with van der Waals surface area (Å²) in [5, 5.41) is 3.72. The molecule has 0 radical (unpaired) electrons. The highest BCUT2D eigenvalue weighted by atomic mass is 29.9. The van der Waals surface area contributed by atoms with E-state index in [-0.39, 0.29) is 30.6 Å². The van der Waals surface area contributed by atoms with Crippen molar-refractivity contribution in [2.75, 3.05) is 6.54 Å². The molecule has 0 aliphatic carbocycles. The standard InChI is InChI=1S/C25H49NO4Si4/c1-19(20-16-14-13-15-17-20)26-18-21-22(23-24(27-21)29-25(2,3)28-23)30-34(31(4,5)6,32(7,8)9)33(10,11)12/h13-17,19,21-24,26H,18H2,1-12H3/t19?,21?,22-,23+,24+/m0/s1. The molecule has 0 bridgehead atoms. The quantitative estimate of drug-likeness (QED) is 0.402. The van der Waals surface area contributed by atoms with E-state index in [0.29, 0.717) is 6.54 Å². The minimum Gasteiger partial charge on any atom is -0.417 e. The second-order valence-corrected chi connectivity index (χ2v) is 53.1. The third-order valence-electron chi connectivity index (χ3n) is 7.49. The molecule has 2 aliphatic heterocycles. The summed E-state index contributed by atoms with van der Waals surface area (Å²) in [4.78, 5) is 0. The number of nitrogens with one attached hydrogen (secondary N) is 1. The monoisotopic (exact) mass is 539 g/mol. The molecular formula is C25H49NO4Si4. The van der Waals surface area contributed by atoms with E-state index in [4.69, 9.17) is 18.6 Å². The van der Waals surface area contributed by atoms with Crippen LogP contribution in [0.3, 0.4) is 0 Å². The molecule has 34 heavy (non-hydrogen) atoms. The molecule has 1 aromatic carbocycles. The van der Waals surface area contributed by atoms with Crippen molar-refractivity contribution >= 4 is 29.6 Å². The fourth-order valence-electron chi connectivity index (χ4n) is 7.12. The molecule has 2 unspecified atom stereocenters. The van der Waals surface area contributed by atoms with E-state index >= 15 is 0 Å². The van der Waals surface area contributed by atoms with Crippen molar-refractivity contribution in [2.45, 2.75) is 116 Å². The molecule has 194 valence electrons. The van der Waals surface area contributed by atoms with Gasteiger partial charge in [-0.15, -0.1) is 0 Å². The smallest absolute Gasteiger partial charge is 0.190 e. The number of rotatable bonds is 9. The lowest BCUT2D eigenvalue weighted by Gasteiger charge is -2.57. The van der Waals surface area contributed by atoms with Crippen molar-refractivity contribution in [3.05, 3.63) is 35.9 Å². The predicted molar refractivity (Wildman–Crippen MR) is 152 cm³/mol. The van der Waals surface area contributed by atoms with Gasteiger partial charge in [0.2, 0.25) is 0 Å². The van der Waals surface area contributed by atoms with Gasteiger partial charge in [0.05, 0.1) is 22.8 Å². The van der Waals surface area contributed by atoms with Gasteiger partial charge in [0, 0.05) is 12.6 Å². The van der Waals surface area contributed by atoms with Crippen LogP contribution in [-0.2, 0) is 18.6 Å². The highest BCUT2D eigenvalue weighted by Gasteiger charge is 2.67. The molecule has 2 saturated heterocycles. The molecular weight excluding hydrogens is 491 g/mol. The van der Waals surface area contributed by atoms with Crippen LogP contribution in [0.4, 0.5) is 0 Å². The Morgan fingerprint density at radius 2 is 1.41 bits per heavy atom. The minimum absolute atomic E-state index is 0.0896. The van der Waals surface area contributed by atoms with Gasteiger partial charge in [0.25, 0.3) is 0 Å². The molecule has 1 N–H and O–H groups in total. The molecule has 0 aromatic heterocycles. The lowest BCUT2D eigenvalue weighted by atomic mass is 10.1. The summed E-state index contributed by atoms with van der Waals surface area (Å²) in [6, 6.07) is 10.8. The SMILES string of the molecule is CC(NCC1O[C@@H]2OC(C)(C)O[C@@H]2[C@H]1O[Si]([Si](C)(C)C)([Si](C)(C)C)[Si](C)(C)C)c1ccccc1. The Labute approximate surface area is 211 Å². The molecule has 9 heteroatoms. The molecule has 0 amide bonds. The van der Waals surface area contributed by atoms with Gasteiger partial charge in [0.1, 0.15) is 18.3 Å². The van der Waals surface area contributed by atoms with Gasteiger partial charge in [-0.2, -0.15) is 0 Å². The zero-order valence-corrected chi connectivity index (χ0v) is 27.6. The number of hydrogen-bond acceptors (Lipinski definition) is 5. The lowest BCUT2D eigenvalue weighted by molar-refractivity contribution is -0.212. The van der Waals surface area contributed by atoms with Crippen molar-refractivity contribution < 1.29 is 18.6 Å². The molecule has 2 aliphatic rings. The number of fused-ring (bicyclic) bond motifs is 1. The van der Waals surface area contributed by atoms with Crippen LogP contribution in [0.15, 0.2) is 30.3 Å². The van der Waals surface area contributed by atoms with Crippen molar-refractivity contribution in [2.24, 2.45) is 0 Å². The average Bonchev–Trinajstić information content (AvgIpc) is 3.13. The van der Waals surface area contributed by atoms with E-state index in [9.17, 15) is 0 Å². The van der Waals surface area contributed by atoms with Gasteiger partial charge < -0.3 is 24.0 Å². The highest BCUT2D eigenvalue weighted by molar-refractivity contribution is 7.87. The van der Waals surface area contributed by atoms with Crippen LogP contribution in [0.2, 0.25) is 58.9 Å². The van der Waals surface area contributed by atoms with Crippen LogP contribution in [0.5, 0.6) is 0 Å². The Kier molecular flexibility index (Phi) is 8.07. The van der Waals surface area contributed by atoms with Crippen molar-refractivity contribution in [3.8, 4) is 0 Å². The second kappa shape index (κ2) is 9.64. The van der Waals surface area contributed by atoms with Gasteiger partial charge >= 0.3 is 0 Å². The number of benzene rings is 1. The maximum Gasteiger partial charge on any atom is 0.190 e. The maximum atomic E-state index is 7.70. The third kappa shape index (κ3) is 5.42. The zero-order chi connectivity index (χ0) is 25.7. The van der Waals surface area contributed by atoms with Crippen LogP contribution < -0.4 is 5.32 Å². The normalized spacial score (nSPS) is 28.7. The predicted octanol–water partition coefficient (Wildman–Crippen LogP) is 5.79. The van der Waals surface area contributed by atoms with Crippen LogP contribution in [0.1, 0.15) is 32.4 Å². The van der Waals surface area contributed by atoms with E-state index in [2.05, 4.69) is 101 Å².